The summed E-state index contributed by atoms with van der Waals surface area (Å²) in [5, 5.41) is 0. The van der Waals surface area contributed by atoms with E-state index in [0.717, 1.165) is 17.8 Å². The fraction of sp³-hybridized carbons (Fsp3) is 0.500. The van der Waals surface area contributed by atoms with E-state index in [-0.39, 0.29) is 5.41 Å². The highest BCUT2D eigenvalue weighted by atomic mass is 15.1. The zero-order chi connectivity index (χ0) is 15.5. The molecule has 0 aliphatic heterocycles. The largest absolute Gasteiger partial charge is 0.348 e. The maximum atomic E-state index is 4.44. The molecule has 1 heterocycles. The SMILES string of the molecule is C=C(C)c1cc(N(/C=C(\C)C(C)(C)C)CC)c(C)cn1. The van der Waals surface area contributed by atoms with Crippen molar-refractivity contribution in [1.29, 1.82) is 0 Å². The Kier molecular flexibility index (Phi) is 5.15. The second-order valence-electron chi connectivity index (χ2n) is 6.48. The summed E-state index contributed by atoms with van der Waals surface area (Å²) in [5.41, 5.74) is 5.92. The minimum absolute atomic E-state index is 0.186. The lowest BCUT2D eigenvalue weighted by atomic mass is 9.88. The molecule has 0 saturated heterocycles. The first-order valence-electron chi connectivity index (χ1n) is 7.25. The normalized spacial score (nSPS) is 12.4. The molecule has 20 heavy (non-hydrogen) atoms. The standard InChI is InChI=1S/C18H28N2/c1-9-20(12-15(5)18(6,7)8)17-10-16(13(2)3)19-11-14(17)4/h10-12H,2,9H2,1,3-8H3/b15-12+. The highest BCUT2D eigenvalue weighted by Gasteiger charge is 2.15. The minimum Gasteiger partial charge on any atom is -0.348 e. The van der Waals surface area contributed by atoms with E-state index in [0.29, 0.717) is 0 Å². The smallest absolute Gasteiger partial charge is 0.0673 e. The number of aryl methyl sites for hydroxylation is 1. The Bertz CT molecular complexity index is 519. The molecule has 1 rings (SSSR count). The van der Waals surface area contributed by atoms with Crippen molar-refractivity contribution >= 4 is 11.3 Å². The first-order valence-corrected chi connectivity index (χ1v) is 7.25. The van der Waals surface area contributed by atoms with E-state index in [1.807, 2.05) is 13.1 Å². The molecule has 0 aromatic carbocycles. The van der Waals surface area contributed by atoms with Crippen molar-refractivity contribution in [2.45, 2.75) is 48.5 Å². The van der Waals surface area contributed by atoms with Crippen LogP contribution in [-0.4, -0.2) is 11.5 Å². The van der Waals surface area contributed by atoms with Gasteiger partial charge in [-0.1, -0.05) is 32.9 Å². The van der Waals surface area contributed by atoms with Gasteiger partial charge >= 0.3 is 0 Å². The molecule has 1 aromatic heterocycles. The number of rotatable bonds is 4. The van der Waals surface area contributed by atoms with Crippen molar-refractivity contribution in [2.24, 2.45) is 5.41 Å². The Labute approximate surface area is 124 Å². The third-order valence-electron chi connectivity index (χ3n) is 3.69. The van der Waals surface area contributed by atoms with Gasteiger partial charge < -0.3 is 4.90 Å². The van der Waals surface area contributed by atoms with Crippen LogP contribution in [0.25, 0.3) is 5.57 Å². The van der Waals surface area contributed by atoms with E-state index >= 15 is 0 Å². The van der Waals surface area contributed by atoms with Gasteiger partial charge in [0.25, 0.3) is 0 Å². The summed E-state index contributed by atoms with van der Waals surface area (Å²) in [4.78, 5) is 6.73. The summed E-state index contributed by atoms with van der Waals surface area (Å²) in [5.74, 6) is 0. The van der Waals surface area contributed by atoms with Crippen LogP contribution in [0.4, 0.5) is 5.69 Å². The molecule has 110 valence electrons. The zero-order valence-electron chi connectivity index (χ0n) is 14.0. The van der Waals surface area contributed by atoms with Gasteiger partial charge in [-0.2, -0.15) is 0 Å². The van der Waals surface area contributed by atoms with Gasteiger partial charge in [-0.3, -0.25) is 4.98 Å². The van der Waals surface area contributed by atoms with Gasteiger partial charge in [0.15, 0.2) is 0 Å². The number of allylic oxidation sites excluding steroid dienone is 2. The lowest BCUT2D eigenvalue weighted by Crippen LogP contribution is -2.20. The molecule has 0 atom stereocenters. The van der Waals surface area contributed by atoms with Crippen molar-refractivity contribution in [1.82, 2.24) is 4.98 Å². The van der Waals surface area contributed by atoms with E-state index in [9.17, 15) is 0 Å². The number of anilines is 1. The summed E-state index contributed by atoms with van der Waals surface area (Å²) < 4.78 is 0. The fourth-order valence-electron chi connectivity index (χ4n) is 1.81. The Morgan fingerprint density at radius 3 is 2.40 bits per heavy atom. The van der Waals surface area contributed by atoms with Crippen molar-refractivity contribution in [3.63, 3.8) is 0 Å². The average Bonchev–Trinajstić information content (AvgIpc) is 2.35. The average molecular weight is 272 g/mol. The Morgan fingerprint density at radius 2 is 1.95 bits per heavy atom. The molecule has 0 saturated carbocycles. The van der Waals surface area contributed by atoms with Crippen LogP contribution < -0.4 is 4.90 Å². The summed E-state index contributed by atoms with van der Waals surface area (Å²) >= 11 is 0. The predicted octanol–water partition coefficient (Wildman–Crippen LogP) is 5.20. The summed E-state index contributed by atoms with van der Waals surface area (Å²) in [6.07, 6.45) is 4.19. The topological polar surface area (TPSA) is 16.1 Å². The number of aromatic nitrogens is 1. The maximum Gasteiger partial charge on any atom is 0.0673 e. The first kappa shape index (κ1) is 16.5. The predicted molar refractivity (Wildman–Crippen MR) is 89.9 cm³/mol. The third kappa shape index (κ3) is 3.96. The maximum absolute atomic E-state index is 4.44. The molecule has 2 heteroatoms. The molecular formula is C18H28N2. The highest BCUT2D eigenvalue weighted by Crippen LogP contribution is 2.28. The summed E-state index contributed by atoms with van der Waals surface area (Å²) in [7, 11) is 0. The zero-order valence-corrected chi connectivity index (χ0v) is 14.0. The van der Waals surface area contributed by atoms with Gasteiger partial charge in [0.05, 0.1) is 5.69 Å². The first-order chi connectivity index (χ1) is 9.16. The van der Waals surface area contributed by atoms with Crippen molar-refractivity contribution in [3.8, 4) is 0 Å². The van der Waals surface area contributed by atoms with Gasteiger partial charge in [0.1, 0.15) is 0 Å². The molecule has 0 radical (unpaired) electrons. The number of hydrogen-bond acceptors (Lipinski definition) is 2. The van der Waals surface area contributed by atoms with E-state index < -0.39 is 0 Å². The molecule has 0 bridgehead atoms. The Morgan fingerprint density at radius 1 is 1.35 bits per heavy atom. The van der Waals surface area contributed by atoms with Crippen molar-refractivity contribution in [3.05, 3.63) is 41.9 Å². The van der Waals surface area contributed by atoms with Crippen LogP contribution in [0.15, 0.2) is 30.6 Å². The molecular weight excluding hydrogens is 244 g/mol. The highest BCUT2D eigenvalue weighted by molar-refractivity contribution is 5.65. The molecule has 0 unspecified atom stereocenters. The molecule has 1 aromatic rings. The lowest BCUT2D eigenvalue weighted by molar-refractivity contribution is 0.501. The number of nitrogens with zero attached hydrogens (tertiary/aromatic N) is 2. The third-order valence-corrected chi connectivity index (χ3v) is 3.69. The van der Waals surface area contributed by atoms with Gasteiger partial charge in [-0.25, -0.2) is 0 Å². The van der Waals surface area contributed by atoms with Crippen molar-refractivity contribution < 1.29 is 0 Å². The van der Waals surface area contributed by atoms with Crippen LogP contribution in [0.3, 0.4) is 0 Å². The van der Waals surface area contributed by atoms with E-state index in [1.54, 1.807) is 0 Å². The molecule has 0 fully saturated rings. The van der Waals surface area contributed by atoms with Crippen LogP contribution in [0.5, 0.6) is 0 Å². The van der Waals surface area contributed by atoms with Crippen LogP contribution in [0.2, 0.25) is 0 Å². The van der Waals surface area contributed by atoms with E-state index in [4.69, 9.17) is 0 Å². The summed E-state index contributed by atoms with van der Waals surface area (Å²) in [6, 6.07) is 2.13. The van der Waals surface area contributed by atoms with Gasteiger partial charge in [0.2, 0.25) is 0 Å². The second kappa shape index (κ2) is 6.25. The molecule has 0 spiro atoms. The molecule has 0 amide bonds. The summed E-state index contributed by atoms with van der Waals surface area (Å²) in [6.45, 7) is 20.1. The minimum atomic E-state index is 0.186. The van der Waals surface area contributed by atoms with Crippen LogP contribution >= 0.6 is 0 Å². The monoisotopic (exact) mass is 272 g/mol. The molecule has 0 aliphatic rings. The van der Waals surface area contributed by atoms with Crippen LogP contribution in [0, 0.1) is 12.3 Å². The molecule has 0 N–H and O–H groups in total. The fourth-order valence-corrected chi connectivity index (χ4v) is 1.81. The van der Waals surface area contributed by atoms with Crippen LogP contribution in [-0.2, 0) is 0 Å². The van der Waals surface area contributed by atoms with Crippen molar-refractivity contribution in [2.75, 3.05) is 11.4 Å². The quantitative estimate of drug-likeness (QED) is 0.749. The Hall–Kier alpha value is -1.57. The number of hydrogen-bond donors (Lipinski definition) is 0. The molecule has 2 nitrogen and oxygen atoms in total. The molecule has 0 aliphatic carbocycles. The van der Waals surface area contributed by atoms with Gasteiger partial charge in [-0.05, 0) is 50.3 Å². The van der Waals surface area contributed by atoms with E-state index in [1.165, 1.54) is 16.8 Å². The lowest BCUT2D eigenvalue weighted by Gasteiger charge is -2.26. The second-order valence-corrected chi connectivity index (χ2v) is 6.48. The van der Waals surface area contributed by atoms with Crippen LogP contribution in [0.1, 0.15) is 52.8 Å². The van der Waals surface area contributed by atoms with E-state index in [2.05, 4.69) is 70.3 Å². The van der Waals surface area contributed by atoms with Gasteiger partial charge in [-0.15, -0.1) is 0 Å². The Balaban J connectivity index is 3.25. The van der Waals surface area contributed by atoms with Gasteiger partial charge in [0, 0.05) is 24.6 Å². The number of pyridine rings is 1.